The van der Waals surface area contributed by atoms with Gasteiger partial charge < -0.3 is 10.6 Å². The van der Waals surface area contributed by atoms with Crippen LogP contribution in [0.3, 0.4) is 0 Å². The van der Waals surface area contributed by atoms with Crippen molar-refractivity contribution in [3.05, 3.63) is 35.1 Å². The van der Waals surface area contributed by atoms with Crippen LogP contribution in [0, 0.1) is 17.5 Å². The van der Waals surface area contributed by atoms with Crippen LogP contribution in [0.5, 0.6) is 0 Å². The quantitative estimate of drug-likeness (QED) is 0.103. The van der Waals surface area contributed by atoms with Gasteiger partial charge in [-0.1, -0.05) is 5.16 Å². The second-order valence-corrected chi connectivity index (χ2v) is 6.55. The smallest absolute Gasteiger partial charge is 0.379 e. The molecular formula is C15H4F18N2O2. The monoisotopic (exact) mass is 586 g/mol. The Morgan fingerprint density at radius 3 is 1.38 bits per heavy atom. The van der Waals surface area contributed by atoms with Crippen molar-refractivity contribution >= 4 is 11.8 Å². The molecule has 0 saturated heterocycles. The summed E-state index contributed by atoms with van der Waals surface area (Å²) in [5, 5.41) is 1.55. The lowest BCUT2D eigenvalue weighted by Crippen LogP contribution is -2.73. The fourth-order valence-electron chi connectivity index (χ4n) is 2.00. The fourth-order valence-corrected chi connectivity index (χ4v) is 2.00. The number of alkyl halides is 15. The summed E-state index contributed by atoms with van der Waals surface area (Å²) < 4.78 is 235. The van der Waals surface area contributed by atoms with Gasteiger partial charge in [0.05, 0.1) is 5.56 Å². The Bertz CT molecular complexity index is 1050. The Labute approximate surface area is 189 Å². The van der Waals surface area contributed by atoms with Crippen molar-refractivity contribution < 1.29 is 88.7 Å². The van der Waals surface area contributed by atoms with Gasteiger partial charge in [-0.3, -0.25) is 0 Å². The maximum atomic E-state index is 13.7. The van der Waals surface area contributed by atoms with E-state index in [2.05, 4.69) is 10.6 Å². The normalized spacial score (nSPS) is 15.1. The lowest BCUT2D eigenvalue weighted by Gasteiger charge is -2.41. The summed E-state index contributed by atoms with van der Waals surface area (Å²) >= 11 is 0. The van der Waals surface area contributed by atoms with Crippen molar-refractivity contribution in [2.75, 3.05) is 0 Å². The van der Waals surface area contributed by atoms with Gasteiger partial charge in [0.1, 0.15) is 0 Å². The first kappa shape index (κ1) is 31.9. The van der Waals surface area contributed by atoms with Crippen LogP contribution in [0.15, 0.2) is 17.3 Å². The third kappa shape index (κ3) is 4.68. The number of carbonyl (C=O) groups is 1. The summed E-state index contributed by atoms with van der Waals surface area (Å²) in [6, 6.07) is -0.479. The van der Waals surface area contributed by atoms with E-state index >= 15 is 0 Å². The minimum atomic E-state index is -8.59. The Hall–Kier alpha value is -3.10. The molecule has 0 amide bonds. The van der Waals surface area contributed by atoms with Crippen molar-refractivity contribution in [3.63, 3.8) is 0 Å². The largest absolute Gasteiger partial charge is 0.460 e. The lowest BCUT2D eigenvalue weighted by molar-refractivity contribution is -0.448. The van der Waals surface area contributed by atoms with Crippen LogP contribution < -0.4 is 5.73 Å². The number of benzene rings is 1. The Morgan fingerprint density at radius 1 is 0.649 bits per heavy atom. The maximum Gasteiger partial charge on any atom is 0.460 e. The number of carbonyl (C=O) groups excluding carboxylic acids is 1. The first-order valence-corrected chi connectivity index (χ1v) is 8.16. The van der Waals surface area contributed by atoms with Gasteiger partial charge in [-0.15, -0.1) is 0 Å². The van der Waals surface area contributed by atoms with E-state index in [1.165, 1.54) is 0 Å². The van der Waals surface area contributed by atoms with Crippen LogP contribution in [-0.4, -0.2) is 53.5 Å². The SMILES string of the molecule is N/C(=N\OC(=O)c1cc(F)c(F)c(F)c1)C(F)(F)C(F)(F)C(F)(F)C(F)(F)C(F)(F)C(F)(F)C(F)(F)F. The zero-order valence-electron chi connectivity index (χ0n) is 16.3. The molecule has 22 heteroatoms. The highest BCUT2D eigenvalue weighted by molar-refractivity contribution is 5.92. The van der Waals surface area contributed by atoms with Gasteiger partial charge in [-0.25, -0.2) is 18.0 Å². The fraction of sp³-hybridized carbons (Fsp3) is 0.467. The van der Waals surface area contributed by atoms with Gasteiger partial charge >= 0.3 is 47.7 Å². The van der Waals surface area contributed by atoms with Crippen LogP contribution in [-0.2, 0) is 4.84 Å². The van der Waals surface area contributed by atoms with Gasteiger partial charge in [0.25, 0.3) is 0 Å². The second kappa shape index (κ2) is 9.03. The molecule has 0 spiro atoms. The predicted octanol–water partition coefficient (Wildman–Crippen LogP) is 5.91. The molecule has 0 unspecified atom stereocenters. The zero-order chi connectivity index (χ0) is 29.8. The molecule has 0 atom stereocenters. The summed E-state index contributed by atoms with van der Waals surface area (Å²) in [6.45, 7) is 0. The Balaban J connectivity index is 3.46. The standard InChI is InChI=1S/C15H4F18N2O2/c16-4-1-3(2-5(17)6(4)18)7(36)37-35-8(34)9(19,20)10(21,22)11(23,24)12(25,26)13(27,28)14(29,30)15(31,32)33/h1-2H,(H2,34,35). The zero-order valence-corrected chi connectivity index (χ0v) is 16.3. The highest BCUT2D eigenvalue weighted by Crippen LogP contribution is 2.62. The van der Waals surface area contributed by atoms with Crippen molar-refractivity contribution in [1.29, 1.82) is 0 Å². The molecule has 4 nitrogen and oxygen atoms in total. The summed E-state index contributed by atoms with van der Waals surface area (Å²) in [5.41, 5.74) is 2.60. The van der Waals surface area contributed by atoms with Gasteiger partial charge in [0.2, 0.25) is 5.84 Å². The molecule has 212 valence electrons. The van der Waals surface area contributed by atoms with E-state index in [0.29, 0.717) is 0 Å². The highest BCUT2D eigenvalue weighted by atomic mass is 19.4. The van der Waals surface area contributed by atoms with E-state index in [1.54, 1.807) is 5.16 Å². The number of nitrogens with zero attached hydrogens (tertiary/aromatic N) is 1. The molecule has 37 heavy (non-hydrogen) atoms. The van der Waals surface area contributed by atoms with Gasteiger partial charge in [-0.05, 0) is 12.1 Å². The molecule has 0 bridgehead atoms. The molecule has 0 aliphatic carbocycles. The molecule has 0 aliphatic heterocycles. The Morgan fingerprint density at radius 2 is 1.00 bits per heavy atom. The third-order valence-corrected chi connectivity index (χ3v) is 4.10. The van der Waals surface area contributed by atoms with Crippen LogP contribution in [0.1, 0.15) is 10.4 Å². The van der Waals surface area contributed by atoms with Crippen LogP contribution in [0.4, 0.5) is 79.0 Å². The predicted molar refractivity (Wildman–Crippen MR) is 79.1 cm³/mol. The summed E-state index contributed by atoms with van der Waals surface area (Å²) in [5.74, 6) is -61.4. The average Bonchev–Trinajstić information content (AvgIpc) is 2.73. The maximum absolute atomic E-state index is 13.7. The lowest BCUT2D eigenvalue weighted by atomic mass is 9.91. The average molecular weight is 586 g/mol. The molecule has 0 saturated carbocycles. The number of halogens is 18. The number of amidine groups is 1. The molecule has 0 aromatic heterocycles. The molecule has 0 fully saturated rings. The third-order valence-electron chi connectivity index (χ3n) is 4.10. The second-order valence-electron chi connectivity index (χ2n) is 6.55. The Kier molecular flexibility index (Phi) is 7.79. The minimum absolute atomic E-state index is 0.239. The van der Waals surface area contributed by atoms with Crippen molar-refractivity contribution in [3.8, 4) is 0 Å². The summed E-state index contributed by atoms with van der Waals surface area (Å²) in [7, 11) is 0. The molecule has 1 aromatic rings. The van der Waals surface area contributed by atoms with E-state index in [-0.39, 0.29) is 12.1 Å². The molecular weight excluding hydrogens is 582 g/mol. The first-order valence-electron chi connectivity index (χ1n) is 8.16. The molecule has 0 heterocycles. The van der Waals surface area contributed by atoms with Crippen molar-refractivity contribution in [2.45, 2.75) is 41.7 Å². The van der Waals surface area contributed by atoms with Crippen LogP contribution in [0.25, 0.3) is 0 Å². The topological polar surface area (TPSA) is 64.7 Å². The number of rotatable bonds is 8. The highest BCUT2D eigenvalue weighted by Gasteiger charge is 2.93. The van der Waals surface area contributed by atoms with E-state index in [1.807, 2.05) is 0 Å². The van der Waals surface area contributed by atoms with Crippen molar-refractivity contribution in [2.24, 2.45) is 10.9 Å². The molecule has 1 rings (SSSR count). The number of hydrogen-bond acceptors (Lipinski definition) is 3. The van der Waals surface area contributed by atoms with E-state index < -0.39 is 76.5 Å². The van der Waals surface area contributed by atoms with Gasteiger partial charge in [-0.2, -0.15) is 65.9 Å². The summed E-state index contributed by atoms with van der Waals surface area (Å²) in [6.07, 6.45) is -7.79. The van der Waals surface area contributed by atoms with E-state index in [9.17, 15) is 83.8 Å². The number of nitrogens with two attached hydrogens (primary N) is 1. The molecule has 0 aliphatic rings. The van der Waals surface area contributed by atoms with Crippen molar-refractivity contribution in [1.82, 2.24) is 0 Å². The first-order chi connectivity index (χ1) is 16.1. The van der Waals surface area contributed by atoms with Crippen LogP contribution >= 0.6 is 0 Å². The van der Waals surface area contributed by atoms with E-state index in [0.717, 1.165) is 0 Å². The van der Waals surface area contributed by atoms with Gasteiger partial charge in [0.15, 0.2) is 17.5 Å². The van der Waals surface area contributed by atoms with Gasteiger partial charge in [0, 0.05) is 0 Å². The van der Waals surface area contributed by atoms with E-state index in [4.69, 9.17) is 0 Å². The molecule has 0 radical (unpaired) electrons. The minimum Gasteiger partial charge on any atom is -0.379 e. The molecule has 2 N–H and O–H groups in total. The van der Waals surface area contributed by atoms with Crippen LogP contribution in [0.2, 0.25) is 0 Å². The number of oxime groups is 1. The summed E-state index contributed by atoms with van der Waals surface area (Å²) in [4.78, 5) is 14.7. The molecule has 1 aromatic carbocycles. The number of hydrogen-bond donors (Lipinski definition) is 1.